The van der Waals surface area contributed by atoms with E-state index in [2.05, 4.69) is 50.4 Å². The number of aryl methyl sites for hydroxylation is 1. The smallest absolute Gasteiger partial charge is 0.0342 e. The molecule has 0 saturated heterocycles. The van der Waals surface area contributed by atoms with Gasteiger partial charge in [0.1, 0.15) is 0 Å². The molecule has 0 bridgehead atoms. The van der Waals surface area contributed by atoms with Crippen molar-refractivity contribution in [1.82, 2.24) is 0 Å². The van der Waals surface area contributed by atoms with Crippen molar-refractivity contribution in [3.8, 4) is 0 Å². The summed E-state index contributed by atoms with van der Waals surface area (Å²) < 4.78 is 0. The van der Waals surface area contributed by atoms with Crippen LogP contribution in [0.25, 0.3) is 0 Å². The summed E-state index contributed by atoms with van der Waals surface area (Å²) in [5, 5.41) is 3.49. The average molecular weight is 191 g/mol. The highest BCUT2D eigenvalue weighted by Crippen LogP contribution is 2.12. The van der Waals surface area contributed by atoms with E-state index in [0.717, 1.165) is 6.42 Å². The van der Waals surface area contributed by atoms with Gasteiger partial charge in [0.05, 0.1) is 0 Å². The number of hydrogen-bond donors (Lipinski definition) is 1. The molecule has 1 N–H and O–H groups in total. The Morgan fingerprint density at radius 3 is 2.29 bits per heavy atom. The van der Waals surface area contributed by atoms with Crippen LogP contribution in [-0.4, -0.2) is 6.04 Å². The second-order valence-corrected chi connectivity index (χ2v) is 3.88. The van der Waals surface area contributed by atoms with E-state index >= 15 is 0 Å². The van der Waals surface area contributed by atoms with Crippen LogP contribution in [0.15, 0.2) is 24.3 Å². The molecule has 1 nitrogen and oxygen atoms in total. The minimum absolute atomic E-state index is 0.576. The van der Waals surface area contributed by atoms with Crippen LogP contribution in [0.2, 0.25) is 0 Å². The van der Waals surface area contributed by atoms with Crippen molar-refractivity contribution in [2.75, 3.05) is 5.32 Å². The summed E-state index contributed by atoms with van der Waals surface area (Å²) in [5.41, 5.74) is 2.64. The SMILES string of the molecule is CCCC(C)Nc1ccc(CC)cc1. The van der Waals surface area contributed by atoms with Gasteiger partial charge in [0.15, 0.2) is 0 Å². The normalized spacial score (nSPS) is 12.5. The molecule has 1 rings (SSSR count). The van der Waals surface area contributed by atoms with Gasteiger partial charge >= 0.3 is 0 Å². The van der Waals surface area contributed by atoms with Crippen LogP contribution in [0, 0.1) is 0 Å². The Labute approximate surface area is 87.5 Å². The number of anilines is 1. The van der Waals surface area contributed by atoms with Crippen LogP contribution in [-0.2, 0) is 6.42 Å². The first kappa shape index (κ1) is 11.1. The molecule has 0 spiro atoms. The van der Waals surface area contributed by atoms with Crippen molar-refractivity contribution in [3.63, 3.8) is 0 Å². The fourth-order valence-electron chi connectivity index (χ4n) is 1.63. The molecule has 0 aromatic heterocycles. The van der Waals surface area contributed by atoms with Gasteiger partial charge in [-0.15, -0.1) is 0 Å². The maximum atomic E-state index is 3.49. The first-order valence-electron chi connectivity index (χ1n) is 5.61. The third kappa shape index (κ3) is 3.41. The molecular formula is C13H21N. The van der Waals surface area contributed by atoms with Crippen molar-refractivity contribution in [1.29, 1.82) is 0 Å². The van der Waals surface area contributed by atoms with Crippen molar-refractivity contribution < 1.29 is 0 Å². The Kier molecular flexibility index (Phi) is 4.51. The molecule has 14 heavy (non-hydrogen) atoms. The summed E-state index contributed by atoms with van der Waals surface area (Å²) in [7, 11) is 0. The average Bonchev–Trinajstić information content (AvgIpc) is 2.19. The number of hydrogen-bond acceptors (Lipinski definition) is 1. The maximum Gasteiger partial charge on any atom is 0.0342 e. The lowest BCUT2D eigenvalue weighted by molar-refractivity contribution is 0.690. The highest BCUT2D eigenvalue weighted by molar-refractivity contribution is 5.45. The molecule has 0 aliphatic heterocycles. The molecule has 1 aromatic rings. The van der Waals surface area contributed by atoms with Gasteiger partial charge in [-0.2, -0.15) is 0 Å². The van der Waals surface area contributed by atoms with Crippen molar-refractivity contribution >= 4 is 5.69 Å². The molecule has 78 valence electrons. The molecule has 0 fully saturated rings. The summed E-state index contributed by atoms with van der Waals surface area (Å²) >= 11 is 0. The van der Waals surface area contributed by atoms with Gasteiger partial charge in [0.25, 0.3) is 0 Å². The third-order valence-corrected chi connectivity index (χ3v) is 2.50. The Balaban J connectivity index is 2.50. The van der Waals surface area contributed by atoms with E-state index in [0.29, 0.717) is 6.04 Å². The zero-order valence-electron chi connectivity index (χ0n) is 9.51. The second kappa shape index (κ2) is 5.69. The van der Waals surface area contributed by atoms with Crippen LogP contribution in [0.1, 0.15) is 39.2 Å². The zero-order valence-corrected chi connectivity index (χ0v) is 9.51. The van der Waals surface area contributed by atoms with E-state index in [1.807, 2.05) is 0 Å². The molecule has 1 atom stereocenters. The lowest BCUT2D eigenvalue weighted by Crippen LogP contribution is -2.14. The molecule has 1 unspecified atom stereocenters. The molecule has 1 heteroatoms. The highest BCUT2D eigenvalue weighted by atomic mass is 14.9. The quantitative estimate of drug-likeness (QED) is 0.745. The lowest BCUT2D eigenvalue weighted by atomic mass is 10.1. The van der Waals surface area contributed by atoms with E-state index in [1.54, 1.807) is 0 Å². The van der Waals surface area contributed by atoms with E-state index in [1.165, 1.54) is 24.1 Å². The van der Waals surface area contributed by atoms with Crippen LogP contribution in [0.3, 0.4) is 0 Å². The van der Waals surface area contributed by atoms with Gasteiger partial charge in [-0.05, 0) is 37.5 Å². The summed E-state index contributed by atoms with van der Waals surface area (Å²) in [6, 6.07) is 9.31. The minimum atomic E-state index is 0.576. The summed E-state index contributed by atoms with van der Waals surface area (Å²) in [5.74, 6) is 0. The lowest BCUT2D eigenvalue weighted by Gasteiger charge is -2.14. The van der Waals surface area contributed by atoms with Gasteiger partial charge in [-0.1, -0.05) is 32.4 Å². The van der Waals surface area contributed by atoms with Crippen LogP contribution in [0.5, 0.6) is 0 Å². The maximum absolute atomic E-state index is 3.49. The second-order valence-electron chi connectivity index (χ2n) is 3.88. The van der Waals surface area contributed by atoms with Crippen molar-refractivity contribution in [2.24, 2.45) is 0 Å². The predicted octanol–water partition coefficient (Wildman–Crippen LogP) is 3.85. The Morgan fingerprint density at radius 2 is 1.79 bits per heavy atom. The summed E-state index contributed by atoms with van der Waals surface area (Å²) in [6.07, 6.45) is 3.58. The predicted molar refractivity (Wildman–Crippen MR) is 63.8 cm³/mol. The standard InChI is InChI=1S/C13H21N/c1-4-6-11(3)14-13-9-7-12(5-2)8-10-13/h7-11,14H,4-6H2,1-3H3. The highest BCUT2D eigenvalue weighted by Gasteiger charge is 1.99. The molecule has 0 saturated carbocycles. The number of nitrogens with one attached hydrogen (secondary N) is 1. The fourth-order valence-corrected chi connectivity index (χ4v) is 1.63. The van der Waals surface area contributed by atoms with Gasteiger partial charge in [-0.25, -0.2) is 0 Å². The van der Waals surface area contributed by atoms with Gasteiger partial charge in [-0.3, -0.25) is 0 Å². The third-order valence-electron chi connectivity index (χ3n) is 2.50. The van der Waals surface area contributed by atoms with Crippen LogP contribution in [0.4, 0.5) is 5.69 Å². The van der Waals surface area contributed by atoms with Gasteiger partial charge in [0, 0.05) is 11.7 Å². The number of rotatable bonds is 5. The van der Waals surface area contributed by atoms with Crippen LogP contribution >= 0.6 is 0 Å². The molecule has 0 aliphatic carbocycles. The number of benzene rings is 1. The van der Waals surface area contributed by atoms with Gasteiger partial charge < -0.3 is 5.32 Å². The Hall–Kier alpha value is -0.980. The van der Waals surface area contributed by atoms with Gasteiger partial charge in [0.2, 0.25) is 0 Å². The molecule has 1 aromatic carbocycles. The van der Waals surface area contributed by atoms with E-state index < -0.39 is 0 Å². The largest absolute Gasteiger partial charge is 0.383 e. The molecule has 0 aliphatic rings. The first-order valence-corrected chi connectivity index (χ1v) is 5.61. The molecule has 0 amide bonds. The van der Waals surface area contributed by atoms with Crippen LogP contribution < -0.4 is 5.32 Å². The van der Waals surface area contributed by atoms with E-state index in [4.69, 9.17) is 0 Å². The zero-order chi connectivity index (χ0) is 10.4. The minimum Gasteiger partial charge on any atom is -0.383 e. The summed E-state index contributed by atoms with van der Waals surface area (Å²) in [6.45, 7) is 6.64. The first-order chi connectivity index (χ1) is 6.76. The topological polar surface area (TPSA) is 12.0 Å². The Morgan fingerprint density at radius 1 is 1.14 bits per heavy atom. The van der Waals surface area contributed by atoms with E-state index in [9.17, 15) is 0 Å². The molecule has 0 radical (unpaired) electrons. The summed E-state index contributed by atoms with van der Waals surface area (Å²) in [4.78, 5) is 0. The monoisotopic (exact) mass is 191 g/mol. The molecule has 0 heterocycles. The fraction of sp³-hybridized carbons (Fsp3) is 0.538. The molecular weight excluding hydrogens is 170 g/mol. The van der Waals surface area contributed by atoms with Crippen molar-refractivity contribution in [2.45, 2.75) is 46.1 Å². The van der Waals surface area contributed by atoms with Crippen molar-refractivity contribution in [3.05, 3.63) is 29.8 Å². The Bertz CT molecular complexity index is 250. The van der Waals surface area contributed by atoms with E-state index in [-0.39, 0.29) is 0 Å².